The first-order chi connectivity index (χ1) is 13.1. The van der Waals surface area contributed by atoms with Crippen molar-refractivity contribution in [2.45, 2.75) is 38.8 Å². The number of hydrogen-bond acceptors (Lipinski definition) is 4. The summed E-state index contributed by atoms with van der Waals surface area (Å²) in [6.45, 7) is 7.46. The molecule has 4 rings (SSSR count). The summed E-state index contributed by atoms with van der Waals surface area (Å²) in [4.78, 5) is 31.2. The van der Waals surface area contributed by atoms with Gasteiger partial charge in [-0.15, -0.1) is 0 Å². The second-order valence-electron chi connectivity index (χ2n) is 7.86. The standard InChI is InChI=1S/C21H29N3O3/c1-2-27-19-7-3-16(4-8-19)14-22-9-11-23(12-10-22)21(26)17-13-20(25)24(15-17)18-5-6-18/h3-4,7-8,17-18H,2,5-6,9-15H2,1H3. The molecule has 2 amide bonds. The average Bonchev–Trinajstić information content (AvgIpc) is 3.45. The molecule has 6 nitrogen and oxygen atoms in total. The van der Waals surface area contributed by atoms with Crippen LogP contribution in [0.1, 0.15) is 31.7 Å². The van der Waals surface area contributed by atoms with Gasteiger partial charge in [0.15, 0.2) is 0 Å². The van der Waals surface area contributed by atoms with Gasteiger partial charge in [0.2, 0.25) is 11.8 Å². The van der Waals surface area contributed by atoms with E-state index in [4.69, 9.17) is 4.74 Å². The molecule has 27 heavy (non-hydrogen) atoms. The largest absolute Gasteiger partial charge is 0.494 e. The van der Waals surface area contributed by atoms with Gasteiger partial charge in [0.05, 0.1) is 12.5 Å². The van der Waals surface area contributed by atoms with E-state index in [9.17, 15) is 9.59 Å². The van der Waals surface area contributed by atoms with Crippen molar-refractivity contribution in [3.63, 3.8) is 0 Å². The maximum absolute atomic E-state index is 12.8. The maximum Gasteiger partial charge on any atom is 0.228 e. The minimum Gasteiger partial charge on any atom is -0.494 e. The van der Waals surface area contributed by atoms with E-state index in [1.54, 1.807) is 0 Å². The minimum atomic E-state index is -0.129. The number of ether oxygens (including phenoxy) is 1. The highest BCUT2D eigenvalue weighted by Crippen LogP contribution is 2.33. The number of rotatable bonds is 6. The molecule has 0 N–H and O–H groups in total. The summed E-state index contributed by atoms with van der Waals surface area (Å²) >= 11 is 0. The number of benzene rings is 1. The maximum atomic E-state index is 12.8. The van der Waals surface area contributed by atoms with Crippen molar-refractivity contribution in [2.24, 2.45) is 5.92 Å². The van der Waals surface area contributed by atoms with Crippen molar-refractivity contribution in [3.05, 3.63) is 29.8 Å². The molecule has 2 heterocycles. The van der Waals surface area contributed by atoms with Crippen LogP contribution in [0.4, 0.5) is 0 Å². The Morgan fingerprint density at radius 2 is 1.81 bits per heavy atom. The number of carbonyl (C=O) groups excluding carboxylic acids is 2. The molecule has 0 radical (unpaired) electrons. The van der Waals surface area contributed by atoms with Crippen molar-refractivity contribution >= 4 is 11.8 Å². The Labute approximate surface area is 161 Å². The molecule has 1 atom stereocenters. The van der Waals surface area contributed by atoms with Crippen LogP contribution < -0.4 is 4.74 Å². The molecule has 6 heteroatoms. The van der Waals surface area contributed by atoms with Gasteiger partial charge in [-0.05, 0) is 37.5 Å². The first-order valence-electron chi connectivity index (χ1n) is 10.2. The van der Waals surface area contributed by atoms with E-state index >= 15 is 0 Å². The Morgan fingerprint density at radius 3 is 2.44 bits per heavy atom. The Bertz CT molecular complexity index is 678. The number of hydrogen-bond donors (Lipinski definition) is 0. The second kappa shape index (κ2) is 7.89. The van der Waals surface area contributed by atoms with Crippen molar-refractivity contribution in [2.75, 3.05) is 39.3 Å². The third-order valence-corrected chi connectivity index (χ3v) is 5.82. The van der Waals surface area contributed by atoms with Gasteiger partial charge >= 0.3 is 0 Å². The van der Waals surface area contributed by atoms with Crippen molar-refractivity contribution in [1.29, 1.82) is 0 Å². The molecular formula is C21H29N3O3. The molecule has 2 aliphatic heterocycles. The quantitative estimate of drug-likeness (QED) is 0.764. The molecule has 2 saturated heterocycles. The van der Waals surface area contributed by atoms with Gasteiger partial charge in [0.25, 0.3) is 0 Å². The van der Waals surface area contributed by atoms with Crippen LogP contribution in [0.25, 0.3) is 0 Å². The van der Waals surface area contributed by atoms with Crippen LogP contribution in [-0.2, 0) is 16.1 Å². The molecule has 1 aromatic carbocycles. The van der Waals surface area contributed by atoms with E-state index in [2.05, 4.69) is 17.0 Å². The summed E-state index contributed by atoms with van der Waals surface area (Å²) in [6.07, 6.45) is 2.62. The molecule has 146 valence electrons. The zero-order valence-electron chi connectivity index (χ0n) is 16.1. The number of amides is 2. The van der Waals surface area contributed by atoms with Crippen molar-refractivity contribution < 1.29 is 14.3 Å². The highest BCUT2D eigenvalue weighted by atomic mass is 16.5. The topological polar surface area (TPSA) is 53.1 Å². The van der Waals surface area contributed by atoms with Gasteiger partial charge in [-0.1, -0.05) is 12.1 Å². The monoisotopic (exact) mass is 371 g/mol. The molecule has 1 unspecified atom stereocenters. The second-order valence-corrected chi connectivity index (χ2v) is 7.86. The van der Waals surface area contributed by atoms with Crippen LogP contribution in [0.5, 0.6) is 5.75 Å². The lowest BCUT2D eigenvalue weighted by Gasteiger charge is -2.36. The highest BCUT2D eigenvalue weighted by molar-refractivity contribution is 5.89. The normalized spacial score (nSPS) is 23.7. The van der Waals surface area contributed by atoms with E-state index in [-0.39, 0.29) is 17.7 Å². The summed E-state index contributed by atoms with van der Waals surface area (Å²) in [6, 6.07) is 8.67. The predicted octanol–water partition coefficient (Wildman–Crippen LogP) is 1.74. The first kappa shape index (κ1) is 18.3. The predicted molar refractivity (Wildman–Crippen MR) is 102 cm³/mol. The number of nitrogens with zero attached hydrogens (tertiary/aromatic N) is 3. The molecule has 0 spiro atoms. The Morgan fingerprint density at radius 1 is 1.11 bits per heavy atom. The lowest BCUT2D eigenvalue weighted by molar-refractivity contribution is -0.137. The molecule has 1 aromatic rings. The molecule has 1 saturated carbocycles. The van der Waals surface area contributed by atoms with Crippen LogP contribution in [0.3, 0.4) is 0 Å². The fraction of sp³-hybridized carbons (Fsp3) is 0.619. The fourth-order valence-corrected chi connectivity index (χ4v) is 4.14. The van der Waals surface area contributed by atoms with Crippen molar-refractivity contribution in [1.82, 2.24) is 14.7 Å². The van der Waals surface area contributed by atoms with Gasteiger partial charge < -0.3 is 14.5 Å². The van der Waals surface area contributed by atoms with Gasteiger partial charge in [-0.2, -0.15) is 0 Å². The molecular weight excluding hydrogens is 342 g/mol. The van der Waals surface area contributed by atoms with E-state index in [1.807, 2.05) is 28.9 Å². The number of carbonyl (C=O) groups is 2. The summed E-state index contributed by atoms with van der Waals surface area (Å²) in [5.41, 5.74) is 1.26. The molecule has 3 aliphatic rings. The zero-order chi connectivity index (χ0) is 18.8. The third-order valence-electron chi connectivity index (χ3n) is 5.82. The smallest absolute Gasteiger partial charge is 0.228 e. The zero-order valence-corrected chi connectivity index (χ0v) is 16.1. The van der Waals surface area contributed by atoms with Crippen molar-refractivity contribution in [3.8, 4) is 5.75 Å². The SMILES string of the molecule is CCOc1ccc(CN2CCN(C(=O)C3CC(=O)N(C4CC4)C3)CC2)cc1. The van der Waals surface area contributed by atoms with E-state index in [1.165, 1.54) is 5.56 Å². The molecule has 1 aliphatic carbocycles. The Kier molecular flexibility index (Phi) is 5.34. The average molecular weight is 371 g/mol. The van der Waals surface area contributed by atoms with E-state index in [0.29, 0.717) is 25.6 Å². The lowest BCUT2D eigenvalue weighted by atomic mass is 10.1. The van der Waals surface area contributed by atoms with Crippen LogP contribution >= 0.6 is 0 Å². The van der Waals surface area contributed by atoms with Crippen LogP contribution in [-0.4, -0.2) is 71.9 Å². The highest BCUT2D eigenvalue weighted by Gasteiger charge is 2.43. The summed E-state index contributed by atoms with van der Waals surface area (Å²) in [5.74, 6) is 1.12. The van der Waals surface area contributed by atoms with E-state index < -0.39 is 0 Å². The van der Waals surface area contributed by atoms with E-state index in [0.717, 1.165) is 51.3 Å². The van der Waals surface area contributed by atoms with Gasteiger partial charge in [0.1, 0.15) is 5.75 Å². The lowest BCUT2D eigenvalue weighted by Crippen LogP contribution is -2.50. The molecule has 0 aromatic heterocycles. The van der Waals surface area contributed by atoms with Gasteiger partial charge in [0, 0.05) is 51.7 Å². The first-order valence-corrected chi connectivity index (χ1v) is 10.2. The minimum absolute atomic E-state index is 0.129. The summed E-state index contributed by atoms with van der Waals surface area (Å²) in [7, 11) is 0. The van der Waals surface area contributed by atoms with Gasteiger partial charge in [-0.3, -0.25) is 14.5 Å². The summed E-state index contributed by atoms with van der Waals surface area (Å²) in [5, 5.41) is 0. The van der Waals surface area contributed by atoms with Crippen LogP contribution in [0.2, 0.25) is 0 Å². The van der Waals surface area contributed by atoms with Crippen LogP contribution in [0, 0.1) is 5.92 Å². The Hall–Kier alpha value is -2.08. The molecule has 0 bridgehead atoms. The third kappa shape index (κ3) is 4.26. The molecule has 3 fully saturated rings. The van der Waals surface area contributed by atoms with Crippen LogP contribution in [0.15, 0.2) is 24.3 Å². The Balaban J connectivity index is 1.25. The number of piperazine rings is 1. The van der Waals surface area contributed by atoms with Gasteiger partial charge in [-0.25, -0.2) is 0 Å². The summed E-state index contributed by atoms with van der Waals surface area (Å²) < 4.78 is 5.49. The fourth-order valence-electron chi connectivity index (χ4n) is 4.14. The number of likely N-dealkylation sites (tertiary alicyclic amines) is 1.